The molecule has 7 heteroatoms. The highest BCUT2D eigenvalue weighted by molar-refractivity contribution is 7.11. The summed E-state index contributed by atoms with van der Waals surface area (Å²) in [6, 6.07) is 4.37. The first-order valence-electron chi connectivity index (χ1n) is 8.44. The van der Waals surface area contributed by atoms with Crippen molar-refractivity contribution in [2.75, 3.05) is 6.54 Å². The van der Waals surface area contributed by atoms with Crippen LogP contribution in [0, 0.1) is 5.82 Å². The Morgan fingerprint density at radius 2 is 2.24 bits per heavy atom. The maximum atomic E-state index is 13.4. The molecular formula is C18H19FN4OS. The molecule has 1 aliphatic rings. The molecule has 3 heterocycles. The van der Waals surface area contributed by atoms with Crippen molar-refractivity contribution in [3.8, 4) is 0 Å². The Hall–Kier alpha value is -2.28. The average molecular weight is 358 g/mol. The van der Waals surface area contributed by atoms with Gasteiger partial charge in [0.25, 0.3) is 5.91 Å². The van der Waals surface area contributed by atoms with Crippen LogP contribution in [-0.4, -0.2) is 32.3 Å². The Morgan fingerprint density at radius 3 is 3.00 bits per heavy atom. The van der Waals surface area contributed by atoms with Crippen molar-refractivity contribution < 1.29 is 9.18 Å². The van der Waals surface area contributed by atoms with Gasteiger partial charge in [-0.05, 0) is 37.0 Å². The van der Waals surface area contributed by atoms with Crippen molar-refractivity contribution in [1.82, 2.24) is 19.9 Å². The normalized spacial score (nSPS) is 17.8. The van der Waals surface area contributed by atoms with Crippen LogP contribution in [0.25, 0.3) is 11.0 Å². The molecule has 0 aliphatic carbocycles. The van der Waals surface area contributed by atoms with Crippen LogP contribution >= 0.6 is 11.3 Å². The highest BCUT2D eigenvalue weighted by Gasteiger charge is 2.34. The van der Waals surface area contributed by atoms with Crippen LogP contribution in [0.2, 0.25) is 0 Å². The molecule has 0 saturated carbocycles. The Bertz CT molecular complexity index is 932. The van der Waals surface area contributed by atoms with Crippen LogP contribution < -0.4 is 0 Å². The number of halogens is 1. The second-order valence-corrected chi connectivity index (χ2v) is 7.53. The number of benzene rings is 1. The number of hydrogen-bond donors (Lipinski definition) is 1. The molecule has 0 bridgehead atoms. The predicted octanol–water partition coefficient (Wildman–Crippen LogP) is 4.26. The zero-order valence-electron chi connectivity index (χ0n) is 14.1. The van der Waals surface area contributed by atoms with Crippen molar-refractivity contribution in [2.45, 2.75) is 38.6 Å². The first-order valence-corrected chi connectivity index (χ1v) is 9.32. The molecule has 0 radical (unpaired) electrons. The lowest BCUT2D eigenvalue weighted by molar-refractivity contribution is 0.0730. The molecule has 1 amide bonds. The minimum Gasteiger partial charge on any atom is -0.340 e. The number of aromatic nitrogens is 3. The Labute approximate surface area is 148 Å². The topological polar surface area (TPSA) is 61.9 Å². The summed E-state index contributed by atoms with van der Waals surface area (Å²) in [7, 11) is 0. The molecule has 5 nitrogen and oxygen atoms in total. The molecule has 3 aromatic rings. The molecule has 25 heavy (non-hydrogen) atoms. The molecule has 1 aromatic carbocycles. The van der Waals surface area contributed by atoms with Gasteiger partial charge in [0.2, 0.25) is 0 Å². The van der Waals surface area contributed by atoms with Gasteiger partial charge in [-0.3, -0.25) is 4.79 Å². The summed E-state index contributed by atoms with van der Waals surface area (Å²) in [5.41, 5.74) is 2.32. The molecule has 1 atom stereocenters. The number of amides is 1. The lowest BCUT2D eigenvalue weighted by Gasteiger charge is -2.22. The van der Waals surface area contributed by atoms with Crippen LogP contribution in [0.3, 0.4) is 0 Å². The van der Waals surface area contributed by atoms with Gasteiger partial charge in [0.1, 0.15) is 11.6 Å². The van der Waals surface area contributed by atoms with E-state index in [1.165, 1.54) is 23.5 Å². The Kier molecular flexibility index (Phi) is 4.03. The van der Waals surface area contributed by atoms with Crippen LogP contribution in [0.5, 0.6) is 0 Å². The summed E-state index contributed by atoms with van der Waals surface area (Å²) < 4.78 is 13.4. The molecular weight excluding hydrogens is 339 g/mol. The molecule has 4 rings (SSSR count). The van der Waals surface area contributed by atoms with Crippen LogP contribution in [0.15, 0.2) is 23.6 Å². The number of likely N-dealkylation sites (tertiary alicyclic amines) is 1. The second-order valence-electron chi connectivity index (χ2n) is 6.67. The lowest BCUT2D eigenvalue weighted by atomic mass is 10.2. The van der Waals surface area contributed by atoms with Crippen molar-refractivity contribution in [3.63, 3.8) is 0 Å². The van der Waals surface area contributed by atoms with Crippen molar-refractivity contribution in [3.05, 3.63) is 45.9 Å². The summed E-state index contributed by atoms with van der Waals surface area (Å²) in [6.45, 7) is 4.82. The number of H-pyrrole nitrogens is 1. The number of fused-ring (bicyclic) bond motifs is 1. The smallest absolute Gasteiger partial charge is 0.283 e. The molecule has 1 saturated heterocycles. The first-order chi connectivity index (χ1) is 12.0. The number of imidazole rings is 1. The van der Waals surface area contributed by atoms with E-state index in [-0.39, 0.29) is 17.8 Å². The van der Waals surface area contributed by atoms with Crippen LogP contribution in [-0.2, 0) is 0 Å². The minimum absolute atomic E-state index is 0.0500. The zero-order valence-corrected chi connectivity index (χ0v) is 14.9. The van der Waals surface area contributed by atoms with Crippen molar-refractivity contribution >= 4 is 28.3 Å². The predicted molar refractivity (Wildman–Crippen MR) is 95.3 cm³/mol. The van der Waals surface area contributed by atoms with Gasteiger partial charge in [-0.1, -0.05) is 13.8 Å². The number of carbonyl (C=O) groups is 1. The third-order valence-electron chi connectivity index (χ3n) is 4.59. The van der Waals surface area contributed by atoms with E-state index in [1.807, 2.05) is 10.3 Å². The van der Waals surface area contributed by atoms with Crippen LogP contribution in [0.4, 0.5) is 4.39 Å². The zero-order chi connectivity index (χ0) is 17.6. The highest BCUT2D eigenvalue weighted by Crippen LogP contribution is 2.33. The van der Waals surface area contributed by atoms with Gasteiger partial charge in [-0.15, -0.1) is 11.3 Å². The van der Waals surface area contributed by atoms with Gasteiger partial charge in [-0.25, -0.2) is 14.4 Å². The maximum Gasteiger partial charge on any atom is 0.283 e. The first kappa shape index (κ1) is 16.2. The van der Waals surface area contributed by atoms with E-state index >= 15 is 0 Å². The summed E-state index contributed by atoms with van der Waals surface area (Å²) in [5, 5.41) is 2.48. The molecule has 0 spiro atoms. The summed E-state index contributed by atoms with van der Waals surface area (Å²) in [5.74, 6) is 0.668. The number of hydrogen-bond acceptors (Lipinski definition) is 4. The summed E-state index contributed by atoms with van der Waals surface area (Å²) in [4.78, 5) is 27.0. The number of nitrogens with zero attached hydrogens (tertiary/aromatic N) is 3. The fourth-order valence-electron chi connectivity index (χ4n) is 3.23. The number of aromatic amines is 1. The third-order valence-corrected chi connectivity index (χ3v) is 5.44. The number of thiazole rings is 1. The van der Waals surface area contributed by atoms with E-state index in [1.54, 1.807) is 6.07 Å². The quantitative estimate of drug-likeness (QED) is 0.761. The van der Waals surface area contributed by atoms with Gasteiger partial charge in [0, 0.05) is 11.9 Å². The highest BCUT2D eigenvalue weighted by atomic mass is 32.1. The molecule has 1 N–H and O–H groups in total. The number of rotatable bonds is 3. The Morgan fingerprint density at radius 1 is 1.40 bits per heavy atom. The number of nitrogens with one attached hydrogen (secondary N) is 1. The van der Waals surface area contributed by atoms with E-state index in [0.717, 1.165) is 18.5 Å². The number of carbonyl (C=O) groups excluding carboxylic acids is 1. The van der Waals surface area contributed by atoms with Crippen molar-refractivity contribution in [2.24, 2.45) is 0 Å². The SMILES string of the molecule is CC(C)c1csc(C(=O)N2CCC[C@@H]2c2nc3ccc(F)cc3[nH]2)n1. The fraction of sp³-hybridized carbons (Fsp3) is 0.389. The largest absolute Gasteiger partial charge is 0.340 e. The maximum absolute atomic E-state index is 13.4. The second kappa shape index (κ2) is 6.22. The van der Waals surface area contributed by atoms with Gasteiger partial charge in [0.15, 0.2) is 5.01 Å². The standard InChI is InChI=1S/C18H19FN4OS/c1-10(2)14-9-25-17(22-14)18(24)23-7-3-4-15(23)16-20-12-6-5-11(19)8-13(12)21-16/h5-6,8-10,15H,3-4,7H2,1-2H3,(H,20,21)/t15-/m1/s1. The monoisotopic (exact) mass is 358 g/mol. The van der Waals surface area contributed by atoms with E-state index in [2.05, 4.69) is 28.8 Å². The van der Waals surface area contributed by atoms with E-state index in [9.17, 15) is 9.18 Å². The average Bonchev–Trinajstić information content (AvgIpc) is 3.31. The molecule has 130 valence electrons. The summed E-state index contributed by atoms with van der Waals surface area (Å²) in [6.07, 6.45) is 1.76. The molecule has 0 unspecified atom stereocenters. The van der Waals surface area contributed by atoms with Crippen LogP contribution in [0.1, 0.15) is 60.0 Å². The van der Waals surface area contributed by atoms with E-state index in [0.29, 0.717) is 34.3 Å². The van der Waals surface area contributed by atoms with Gasteiger partial charge in [0.05, 0.1) is 22.8 Å². The third kappa shape index (κ3) is 2.93. The fourth-order valence-corrected chi connectivity index (χ4v) is 4.16. The van der Waals surface area contributed by atoms with Gasteiger partial charge in [-0.2, -0.15) is 0 Å². The van der Waals surface area contributed by atoms with Crippen molar-refractivity contribution in [1.29, 1.82) is 0 Å². The molecule has 1 fully saturated rings. The Balaban J connectivity index is 1.63. The summed E-state index contributed by atoms with van der Waals surface area (Å²) >= 11 is 1.39. The van der Waals surface area contributed by atoms with Gasteiger partial charge >= 0.3 is 0 Å². The van der Waals surface area contributed by atoms with Gasteiger partial charge < -0.3 is 9.88 Å². The molecule has 1 aliphatic heterocycles. The van der Waals surface area contributed by atoms with E-state index < -0.39 is 0 Å². The molecule has 2 aromatic heterocycles. The minimum atomic E-state index is -0.300. The van der Waals surface area contributed by atoms with E-state index in [4.69, 9.17) is 0 Å². The lowest BCUT2D eigenvalue weighted by Crippen LogP contribution is -2.31.